The van der Waals surface area contributed by atoms with Gasteiger partial charge in [-0.05, 0) is 65.2 Å². The van der Waals surface area contributed by atoms with Crippen molar-refractivity contribution in [2.24, 2.45) is 17.8 Å². The largest absolute Gasteiger partial charge is 0.351 e. The fourth-order valence-electron chi connectivity index (χ4n) is 3.56. The minimum absolute atomic E-state index is 0.0876. The van der Waals surface area contributed by atoms with Gasteiger partial charge >= 0.3 is 0 Å². The zero-order chi connectivity index (χ0) is 16.3. The third kappa shape index (κ3) is 4.72. The molecular formula is C18H32N2O2. The summed E-state index contributed by atoms with van der Waals surface area (Å²) in [7, 11) is 0. The number of likely N-dealkylation sites (tertiary alicyclic amines) is 1. The van der Waals surface area contributed by atoms with E-state index in [0.717, 1.165) is 57.5 Å². The fraction of sp³-hybridized carbons (Fsp3) is 0.889. The van der Waals surface area contributed by atoms with Crippen molar-refractivity contribution in [3.63, 3.8) is 0 Å². The van der Waals surface area contributed by atoms with E-state index in [1.165, 1.54) is 0 Å². The highest BCUT2D eigenvalue weighted by atomic mass is 16.2. The van der Waals surface area contributed by atoms with Crippen LogP contribution in [0.4, 0.5) is 0 Å². The van der Waals surface area contributed by atoms with Crippen LogP contribution in [-0.4, -0.2) is 35.3 Å². The Bertz CT molecular complexity index is 398. The van der Waals surface area contributed by atoms with Crippen LogP contribution in [0, 0.1) is 17.8 Å². The number of carbonyl (C=O) groups excluding carboxylic acids is 2. The van der Waals surface area contributed by atoms with Crippen molar-refractivity contribution in [2.75, 3.05) is 13.1 Å². The van der Waals surface area contributed by atoms with Gasteiger partial charge in [-0.3, -0.25) is 9.59 Å². The van der Waals surface area contributed by atoms with Gasteiger partial charge in [0, 0.05) is 30.5 Å². The monoisotopic (exact) mass is 308 g/mol. The van der Waals surface area contributed by atoms with Crippen molar-refractivity contribution in [1.82, 2.24) is 10.2 Å². The van der Waals surface area contributed by atoms with Crippen molar-refractivity contribution in [2.45, 2.75) is 71.8 Å². The molecule has 2 fully saturated rings. The third-order valence-corrected chi connectivity index (χ3v) is 5.04. The van der Waals surface area contributed by atoms with Gasteiger partial charge in [0.15, 0.2) is 0 Å². The quantitative estimate of drug-likeness (QED) is 0.852. The average molecular weight is 308 g/mol. The summed E-state index contributed by atoms with van der Waals surface area (Å²) in [5.41, 5.74) is -0.172. The van der Waals surface area contributed by atoms with E-state index in [9.17, 15) is 9.59 Å². The second kappa shape index (κ2) is 7.01. The van der Waals surface area contributed by atoms with Crippen molar-refractivity contribution in [3.05, 3.63) is 0 Å². The van der Waals surface area contributed by atoms with Gasteiger partial charge < -0.3 is 10.2 Å². The van der Waals surface area contributed by atoms with Gasteiger partial charge in [-0.15, -0.1) is 0 Å². The molecule has 2 amide bonds. The maximum Gasteiger partial charge on any atom is 0.225 e. The van der Waals surface area contributed by atoms with Crippen molar-refractivity contribution in [3.8, 4) is 0 Å². The summed E-state index contributed by atoms with van der Waals surface area (Å²) < 4.78 is 0. The summed E-state index contributed by atoms with van der Waals surface area (Å²) >= 11 is 0. The molecule has 0 spiro atoms. The molecule has 1 heterocycles. The molecule has 0 bridgehead atoms. The lowest BCUT2D eigenvalue weighted by atomic mass is 9.80. The van der Waals surface area contributed by atoms with Crippen LogP contribution in [0.15, 0.2) is 0 Å². The predicted octanol–water partition coefficient (Wildman–Crippen LogP) is 2.97. The molecule has 1 saturated carbocycles. The first kappa shape index (κ1) is 17.3. The van der Waals surface area contributed by atoms with Crippen LogP contribution in [0.25, 0.3) is 0 Å². The van der Waals surface area contributed by atoms with Crippen LogP contribution in [0.3, 0.4) is 0 Å². The first-order valence-electron chi connectivity index (χ1n) is 8.87. The number of amides is 2. The minimum Gasteiger partial charge on any atom is -0.351 e. The zero-order valence-electron chi connectivity index (χ0n) is 14.7. The molecule has 2 rings (SSSR count). The Morgan fingerprint density at radius 2 is 1.41 bits per heavy atom. The van der Waals surface area contributed by atoms with E-state index in [2.05, 4.69) is 17.1 Å². The molecule has 2 aliphatic rings. The molecule has 1 aliphatic heterocycles. The van der Waals surface area contributed by atoms with Gasteiger partial charge in [-0.25, -0.2) is 0 Å². The lowest BCUT2D eigenvalue weighted by molar-refractivity contribution is -0.139. The molecule has 0 aromatic rings. The SMILES string of the molecule is CC1CCN(C(=O)C2CCC(C(=O)NC(C)(C)C)CC2)CC1. The Hall–Kier alpha value is -1.06. The van der Waals surface area contributed by atoms with E-state index in [-0.39, 0.29) is 23.3 Å². The highest BCUT2D eigenvalue weighted by Gasteiger charge is 2.33. The molecule has 22 heavy (non-hydrogen) atoms. The first-order valence-corrected chi connectivity index (χ1v) is 8.87. The number of piperidine rings is 1. The third-order valence-electron chi connectivity index (χ3n) is 5.04. The maximum atomic E-state index is 12.6. The molecule has 126 valence electrons. The number of rotatable bonds is 2. The van der Waals surface area contributed by atoms with Crippen LogP contribution in [0.2, 0.25) is 0 Å². The van der Waals surface area contributed by atoms with E-state index in [0.29, 0.717) is 5.91 Å². The lowest BCUT2D eigenvalue weighted by Crippen LogP contribution is -2.46. The van der Waals surface area contributed by atoms with Gasteiger partial charge in [0.1, 0.15) is 0 Å². The summed E-state index contributed by atoms with van der Waals surface area (Å²) in [6.45, 7) is 10.1. The number of hydrogen-bond donors (Lipinski definition) is 1. The molecule has 4 nitrogen and oxygen atoms in total. The molecule has 0 aromatic carbocycles. The van der Waals surface area contributed by atoms with Crippen LogP contribution < -0.4 is 5.32 Å². The molecule has 0 atom stereocenters. The highest BCUT2D eigenvalue weighted by molar-refractivity contribution is 5.81. The number of nitrogens with one attached hydrogen (secondary N) is 1. The van der Waals surface area contributed by atoms with Gasteiger partial charge in [-0.1, -0.05) is 6.92 Å². The van der Waals surface area contributed by atoms with Crippen LogP contribution in [-0.2, 0) is 9.59 Å². The topological polar surface area (TPSA) is 49.4 Å². The second-order valence-electron chi connectivity index (χ2n) is 8.30. The Kier molecular flexibility index (Phi) is 5.51. The Morgan fingerprint density at radius 3 is 1.91 bits per heavy atom. The molecule has 1 N–H and O–H groups in total. The molecule has 0 aromatic heterocycles. The number of carbonyl (C=O) groups is 2. The van der Waals surface area contributed by atoms with Crippen molar-refractivity contribution < 1.29 is 9.59 Å². The maximum absolute atomic E-state index is 12.6. The summed E-state index contributed by atoms with van der Waals surface area (Å²) in [5.74, 6) is 1.48. The molecule has 4 heteroatoms. The van der Waals surface area contributed by atoms with Gasteiger partial charge in [0.25, 0.3) is 0 Å². The number of hydrogen-bond acceptors (Lipinski definition) is 2. The molecule has 1 aliphatic carbocycles. The van der Waals surface area contributed by atoms with Crippen LogP contribution in [0.1, 0.15) is 66.2 Å². The summed E-state index contributed by atoms with van der Waals surface area (Å²) in [6, 6.07) is 0. The Balaban J connectivity index is 1.79. The first-order chi connectivity index (χ1) is 10.3. The Labute approximate surface area is 135 Å². The van der Waals surface area contributed by atoms with E-state index < -0.39 is 0 Å². The second-order valence-corrected chi connectivity index (χ2v) is 8.30. The highest BCUT2D eigenvalue weighted by Crippen LogP contribution is 2.31. The average Bonchev–Trinajstić information content (AvgIpc) is 2.46. The standard InChI is InChI=1S/C18H32N2O2/c1-13-9-11-20(12-10-13)17(22)15-7-5-14(6-8-15)16(21)19-18(2,3)4/h13-15H,5-12H2,1-4H3,(H,19,21). The van der Waals surface area contributed by atoms with Crippen LogP contribution in [0.5, 0.6) is 0 Å². The van der Waals surface area contributed by atoms with E-state index in [1.54, 1.807) is 0 Å². The normalized spacial score (nSPS) is 27.5. The molecule has 0 unspecified atom stereocenters. The molecular weight excluding hydrogens is 276 g/mol. The van der Waals surface area contributed by atoms with E-state index >= 15 is 0 Å². The number of nitrogens with zero attached hydrogens (tertiary/aromatic N) is 1. The fourth-order valence-corrected chi connectivity index (χ4v) is 3.56. The lowest BCUT2D eigenvalue weighted by Gasteiger charge is -2.35. The summed E-state index contributed by atoms with van der Waals surface area (Å²) in [5, 5.41) is 3.07. The van der Waals surface area contributed by atoms with Crippen molar-refractivity contribution >= 4 is 11.8 Å². The Morgan fingerprint density at radius 1 is 0.909 bits per heavy atom. The molecule has 0 radical (unpaired) electrons. The van der Waals surface area contributed by atoms with Gasteiger partial charge in [0.2, 0.25) is 11.8 Å². The summed E-state index contributed by atoms with van der Waals surface area (Å²) in [4.78, 5) is 26.9. The zero-order valence-corrected chi connectivity index (χ0v) is 14.7. The smallest absolute Gasteiger partial charge is 0.225 e. The minimum atomic E-state index is -0.172. The van der Waals surface area contributed by atoms with Gasteiger partial charge in [0.05, 0.1) is 0 Å². The molecule has 1 saturated heterocycles. The van der Waals surface area contributed by atoms with Crippen molar-refractivity contribution in [1.29, 1.82) is 0 Å². The van der Waals surface area contributed by atoms with E-state index in [1.807, 2.05) is 20.8 Å². The van der Waals surface area contributed by atoms with Gasteiger partial charge in [-0.2, -0.15) is 0 Å². The van der Waals surface area contributed by atoms with Crippen LogP contribution >= 0.6 is 0 Å². The predicted molar refractivity (Wildman–Crippen MR) is 88.3 cm³/mol. The summed E-state index contributed by atoms with van der Waals surface area (Å²) in [6.07, 6.45) is 5.70. The van der Waals surface area contributed by atoms with E-state index in [4.69, 9.17) is 0 Å².